The molecule has 0 radical (unpaired) electrons. The molecule has 0 aromatic heterocycles. The highest BCUT2D eigenvalue weighted by atomic mass is 127. The second-order valence-corrected chi connectivity index (χ2v) is 11.1. The van der Waals surface area contributed by atoms with Crippen LogP contribution in [0.4, 0.5) is 5.69 Å². The predicted molar refractivity (Wildman–Crippen MR) is 158 cm³/mol. The van der Waals surface area contributed by atoms with E-state index in [2.05, 4.69) is 61.9 Å². The summed E-state index contributed by atoms with van der Waals surface area (Å²) in [5, 5.41) is 3.58. The van der Waals surface area contributed by atoms with Crippen molar-refractivity contribution in [2.24, 2.45) is 9.98 Å². The molecular weight excluding hydrogens is 613 g/mol. The van der Waals surface area contributed by atoms with Gasteiger partial charge in [-0.05, 0) is 18.7 Å². The molecule has 0 spiro atoms. The Morgan fingerprint density at radius 1 is 1.13 bits per heavy atom. The van der Waals surface area contributed by atoms with Crippen molar-refractivity contribution < 1.29 is 23.7 Å². The normalized spacial score (nSPS) is 23.8. The fourth-order valence-electron chi connectivity index (χ4n) is 5.41. The van der Waals surface area contributed by atoms with Crippen LogP contribution in [0.3, 0.4) is 0 Å². The topological polar surface area (TPSA) is 89.4 Å². The van der Waals surface area contributed by atoms with Crippen LogP contribution in [-0.2, 0) is 18.6 Å². The molecule has 6 rings (SSSR count). The van der Waals surface area contributed by atoms with E-state index in [-0.39, 0.29) is 18.9 Å². The number of hydrogen-bond acceptors (Lipinski definition) is 10. The number of amidine groups is 1. The Hall–Kier alpha value is -2.35. The molecule has 0 saturated carbocycles. The second-order valence-electron chi connectivity index (χ2n) is 10.4. The first kappa shape index (κ1) is 26.9. The number of nitrogens with zero attached hydrogens (tertiary/aromatic N) is 4. The van der Waals surface area contributed by atoms with E-state index in [4.69, 9.17) is 28.7 Å². The number of nitrogens with one attached hydrogen (secondary N) is 1. The molecule has 1 aromatic carbocycles. The van der Waals surface area contributed by atoms with Gasteiger partial charge in [-0.1, -0.05) is 28.7 Å². The fourth-order valence-corrected chi connectivity index (χ4v) is 6.05. The van der Waals surface area contributed by atoms with Crippen LogP contribution in [0.2, 0.25) is 0 Å². The van der Waals surface area contributed by atoms with Crippen LogP contribution in [0.15, 0.2) is 45.3 Å². The van der Waals surface area contributed by atoms with E-state index >= 15 is 0 Å². The predicted octanol–water partition coefficient (Wildman–Crippen LogP) is 3.57. The molecule has 5 aliphatic rings. The summed E-state index contributed by atoms with van der Waals surface area (Å²) < 4.78 is 30.8. The molecule has 0 amide bonds. The largest absolute Gasteiger partial charge is 0.496 e. The molecule has 11 heteroatoms. The zero-order valence-electron chi connectivity index (χ0n) is 22.4. The molecule has 1 aliphatic carbocycles. The third kappa shape index (κ3) is 6.21. The van der Waals surface area contributed by atoms with E-state index in [0.717, 1.165) is 95.7 Å². The third-order valence-corrected chi connectivity index (χ3v) is 8.56. The quantitative estimate of drug-likeness (QED) is 0.338. The third-order valence-electron chi connectivity index (χ3n) is 7.74. The van der Waals surface area contributed by atoms with Gasteiger partial charge in [0.05, 0.1) is 30.5 Å². The number of likely N-dealkylation sites (N-methyl/N-ethyl adjacent to an activating group) is 1. The van der Waals surface area contributed by atoms with Gasteiger partial charge in [0.1, 0.15) is 36.4 Å². The first-order valence-corrected chi connectivity index (χ1v) is 15.3. The molecule has 1 unspecified atom stereocenters. The van der Waals surface area contributed by atoms with Crippen LogP contribution in [0.1, 0.15) is 24.8 Å². The number of halogens is 1. The number of anilines is 1. The van der Waals surface area contributed by atoms with Gasteiger partial charge in [-0.15, -0.1) is 0 Å². The van der Waals surface area contributed by atoms with Gasteiger partial charge in [0.2, 0.25) is 6.79 Å². The molecule has 0 bridgehead atoms. The van der Waals surface area contributed by atoms with Crippen LogP contribution < -0.4 is 14.8 Å². The molecule has 1 N–H and O–H groups in total. The summed E-state index contributed by atoms with van der Waals surface area (Å²) in [6, 6.07) is 3.89. The molecule has 39 heavy (non-hydrogen) atoms. The van der Waals surface area contributed by atoms with Gasteiger partial charge in [-0.2, -0.15) is 0 Å². The van der Waals surface area contributed by atoms with E-state index < -0.39 is 0 Å². The minimum atomic E-state index is -0.138. The fraction of sp³-hybridized carbons (Fsp3) is 0.571. The van der Waals surface area contributed by atoms with Crippen molar-refractivity contribution >= 4 is 40.5 Å². The number of ether oxygens (including phenoxy) is 5. The van der Waals surface area contributed by atoms with Crippen LogP contribution in [0, 0.1) is 0 Å². The van der Waals surface area contributed by atoms with Gasteiger partial charge < -0.3 is 33.9 Å². The van der Waals surface area contributed by atoms with Crippen molar-refractivity contribution in [3.05, 3.63) is 40.9 Å². The van der Waals surface area contributed by atoms with Crippen molar-refractivity contribution in [1.82, 2.24) is 9.80 Å². The number of benzene rings is 1. The smallest absolute Gasteiger partial charge is 0.231 e. The minimum absolute atomic E-state index is 0.0811. The van der Waals surface area contributed by atoms with Gasteiger partial charge >= 0.3 is 0 Å². The molecule has 2 fully saturated rings. The Morgan fingerprint density at radius 2 is 1.97 bits per heavy atom. The van der Waals surface area contributed by atoms with Crippen LogP contribution >= 0.6 is 22.6 Å². The summed E-state index contributed by atoms with van der Waals surface area (Å²) in [6.07, 6.45) is 6.15. The van der Waals surface area contributed by atoms with E-state index in [9.17, 15) is 0 Å². The summed E-state index contributed by atoms with van der Waals surface area (Å²) in [7, 11) is 2.18. The van der Waals surface area contributed by atoms with Crippen molar-refractivity contribution in [2.45, 2.75) is 35.8 Å². The molecule has 4 aliphatic heterocycles. The number of allylic oxidation sites excluding steroid dienone is 1. The lowest BCUT2D eigenvalue weighted by Crippen LogP contribution is -2.45. The first-order chi connectivity index (χ1) is 19.2. The van der Waals surface area contributed by atoms with E-state index in [1.165, 1.54) is 0 Å². The highest BCUT2D eigenvalue weighted by Gasteiger charge is 2.34. The Balaban J connectivity index is 1.25. The SMILES string of the molecule is CN1CCN(CCOC2=CC(OC3CCOCC3)=C3C(Nc4c(CI)ccc5c4OCO5)=NC=NC3C2)CC1. The monoisotopic (exact) mass is 649 g/mol. The lowest BCUT2D eigenvalue weighted by molar-refractivity contribution is -0.00230. The van der Waals surface area contributed by atoms with Crippen LogP contribution in [0.5, 0.6) is 11.5 Å². The van der Waals surface area contributed by atoms with Crippen molar-refractivity contribution in [1.29, 1.82) is 0 Å². The first-order valence-electron chi connectivity index (χ1n) is 13.7. The van der Waals surface area contributed by atoms with Crippen molar-refractivity contribution in [2.75, 3.05) is 71.7 Å². The lowest BCUT2D eigenvalue weighted by atomic mass is 9.94. The molecule has 2 saturated heterocycles. The van der Waals surface area contributed by atoms with Crippen LogP contribution in [-0.4, -0.2) is 101 Å². The zero-order chi connectivity index (χ0) is 26.6. The minimum Gasteiger partial charge on any atom is -0.496 e. The van der Waals surface area contributed by atoms with Crippen molar-refractivity contribution in [3.63, 3.8) is 0 Å². The number of alkyl halides is 1. The maximum atomic E-state index is 6.63. The number of rotatable bonds is 8. The average molecular weight is 650 g/mol. The molecule has 10 nitrogen and oxygen atoms in total. The summed E-state index contributed by atoms with van der Waals surface area (Å²) >= 11 is 2.37. The van der Waals surface area contributed by atoms with Gasteiger partial charge in [-0.3, -0.25) is 9.89 Å². The molecule has 210 valence electrons. The highest BCUT2D eigenvalue weighted by Crippen LogP contribution is 2.43. The molecule has 4 heterocycles. The van der Waals surface area contributed by atoms with Crippen molar-refractivity contribution in [3.8, 4) is 11.5 Å². The van der Waals surface area contributed by atoms with Gasteiger partial charge in [0.25, 0.3) is 0 Å². The second kappa shape index (κ2) is 12.4. The number of fused-ring (bicyclic) bond motifs is 2. The number of aliphatic imine (C=N–C) groups is 2. The van der Waals surface area contributed by atoms with Gasteiger partial charge in [-0.25, -0.2) is 4.99 Å². The lowest BCUT2D eigenvalue weighted by Gasteiger charge is -2.33. The highest BCUT2D eigenvalue weighted by molar-refractivity contribution is 14.1. The van der Waals surface area contributed by atoms with E-state index in [1.807, 2.05) is 6.07 Å². The Morgan fingerprint density at radius 3 is 2.79 bits per heavy atom. The molecule has 1 atom stereocenters. The molecular formula is C28H36IN5O5. The maximum Gasteiger partial charge on any atom is 0.231 e. The average Bonchev–Trinajstić information content (AvgIpc) is 3.44. The number of piperazine rings is 1. The standard InChI is InChI=1S/C28H36IN5O5/c1-33-6-8-34(9-7-33)10-13-36-21-14-22-25(24(15-21)39-20-4-11-35-12-5-20)28(31-17-30-22)32-26-19(16-29)2-3-23-27(26)38-18-37-23/h2-3,15,17,20,22H,4-14,16,18H2,1H3,(H,30,31,32). The summed E-state index contributed by atoms with van der Waals surface area (Å²) in [6.45, 7) is 7.56. The summed E-state index contributed by atoms with van der Waals surface area (Å²) in [4.78, 5) is 14.3. The molecule has 1 aromatic rings. The Kier molecular flexibility index (Phi) is 8.57. The summed E-state index contributed by atoms with van der Waals surface area (Å²) in [5.41, 5.74) is 2.95. The van der Waals surface area contributed by atoms with Crippen LogP contribution in [0.25, 0.3) is 0 Å². The van der Waals surface area contributed by atoms with Gasteiger partial charge in [0.15, 0.2) is 11.5 Å². The Bertz CT molecular complexity index is 1170. The summed E-state index contributed by atoms with van der Waals surface area (Å²) in [5.74, 6) is 3.86. The maximum absolute atomic E-state index is 6.63. The van der Waals surface area contributed by atoms with E-state index in [0.29, 0.717) is 26.2 Å². The zero-order valence-corrected chi connectivity index (χ0v) is 24.5. The van der Waals surface area contributed by atoms with Gasteiger partial charge in [0, 0.05) is 62.5 Å². The van der Waals surface area contributed by atoms with E-state index in [1.54, 1.807) is 6.34 Å². The number of hydrogen-bond donors (Lipinski definition) is 1. The Labute approximate surface area is 243 Å².